The molecule has 1 fully saturated rings. The van der Waals surface area contributed by atoms with Gasteiger partial charge in [0.25, 0.3) is 0 Å². The van der Waals surface area contributed by atoms with E-state index in [2.05, 4.69) is 33.0 Å². The Morgan fingerprint density at radius 2 is 1.73 bits per heavy atom. The Labute approximate surface area is 155 Å². The summed E-state index contributed by atoms with van der Waals surface area (Å²) in [5.74, 6) is 0.825. The number of nitrogens with zero attached hydrogens (tertiary/aromatic N) is 3. The largest absolute Gasteiger partial charge is 0.461 e. The Morgan fingerprint density at radius 1 is 1.04 bits per heavy atom. The average molecular weight is 353 g/mol. The summed E-state index contributed by atoms with van der Waals surface area (Å²) < 4.78 is 5.27. The normalized spacial score (nSPS) is 15.3. The Bertz CT molecular complexity index is 693. The van der Waals surface area contributed by atoms with Crippen LogP contribution < -0.4 is 4.90 Å². The molecule has 0 radical (unpaired) electrons. The van der Waals surface area contributed by atoms with Gasteiger partial charge in [-0.15, -0.1) is 0 Å². The molecule has 2 heterocycles. The van der Waals surface area contributed by atoms with E-state index in [0.29, 0.717) is 6.61 Å². The highest BCUT2D eigenvalue weighted by Crippen LogP contribution is 2.15. The van der Waals surface area contributed by atoms with Gasteiger partial charge in [0, 0.05) is 38.9 Å². The fourth-order valence-electron chi connectivity index (χ4n) is 3.00. The van der Waals surface area contributed by atoms with E-state index in [-0.39, 0.29) is 11.9 Å². The summed E-state index contributed by atoms with van der Waals surface area (Å²) in [7, 11) is 0. The molecule has 0 amide bonds. The van der Waals surface area contributed by atoms with Crippen LogP contribution in [0.1, 0.15) is 25.0 Å². The van der Waals surface area contributed by atoms with Crippen LogP contribution in [0.15, 0.2) is 48.7 Å². The molecule has 0 spiro atoms. The van der Waals surface area contributed by atoms with Gasteiger partial charge in [0.05, 0.1) is 5.92 Å². The number of aromatic nitrogens is 1. The summed E-state index contributed by atoms with van der Waals surface area (Å²) in [6, 6.07) is 14.4. The molecule has 1 aromatic carbocycles. The first kappa shape index (κ1) is 18.4. The molecule has 0 aliphatic carbocycles. The van der Waals surface area contributed by atoms with Gasteiger partial charge in [-0.3, -0.25) is 9.69 Å². The van der Waals surface area contributed by atoms with E-state index in [9.17, 15) is 4.79 Å². The summed E-state index contributed by atoms with van der Waals surface area (Å²) in [4.78, 5) is 20.8. The molecule has 3 rings (SSSR count). The third kappa shape index (κ3) is 5.05. The number of pyridine rings is 1. The second-order valence-electron chi connectivity index (χ2n) is 7.03. The maximum absolute atomic E-state index is 11.5. The number of carbonyl (C=O) groups is 1. The molecule has 0 saturated carbocycles. The molecule has 2 aromatic rings. The number of rotatable bonds is 6. The molecule has 0 N–H and O–H groups in total. The zero-order valence-corrected chi connectivity index (χ0v) is 15.6. The van der Waals surface area contributed by atoms with Crippen molar-refractivity contribution in [3.63, 3.8) is 0 Å². The lowest BCUT2D eigenvalue weighted by Crippen LogP contribution is -2.46. The summed E-state index contributed by atoms with van der Waals surface area (Å²) >= 11 is 0. The van der Waals surface area contributed by atoms with Crippen LogP contribution >= 0.6 is 0 Å². The molecular weight excluding hydrogens is 326 g/mol. The first-order chi connectivity index (χ1) is 12.6. The zero-order chi connectivity index (χ0) is 18.4. The molecule has 5 heteroatoms. The third-order valence-corrected chi connectivity index (χ3v) is 4.63. The van der Waals surface area contributed by atoms with Gasteiger partial charge in [-0.1, -0.05) is 44.2 Å². The van der Waals surface area contributed by atoms with Crippen LogP contribution in [0.5, 0.6) is 0 Å². The van der Waals surface area contributed by atoms with Gasteiger partial charge in [-0.05, 0) is 23.3 Å². The van der Waals surface area contributed by atoms with E-state index in [4.69, 9.17) is 4.74 Å². The van der Waals surface area contributed by atoms with Crippen LogP contribution in [-0.4, -0.2) is 42.0 Å². The minimum Gasteiger partial charge on any atom is -0.461 e. The molecule has 5 nitrogen and oxygen atoms in total. The Balaban J connectivity index is 1.46. The summed E-state index contributed by atoms with van der Waals surface area (Å²) in [5.41, 5.74) is 2.32. The standard InChI is InChI=1S/C21H27N3O2/c1-17(2)21(25)26-16-19-8-6-18(7-9-19)15-23-11-13-24(14-12-23)20-5-3-4-10-22-20/h3-10,17H,11-16H2,1-2H3. The minimum atomic E-state index is -0.153. The van der Waals surface area contributed by atoms with Crippen LogP contribution in [0.2, 0.25) is 0 Å². The third-order valence-electron chi connectivity index (χ3n) is 4.63. The fraction of sp³-hybridized carbons (Fsp3) is 0.429. The van der Waals surface area contributed by atoms with E-state index in [1.54, 1.807) is 0 Å². The van der Waals surface area contributed by atoms with Crippen LogP contribution in [0, 0.1) is 5.92 Å². The maximum Gasteiger partial charge on any atom is 0.308 e. The number of anilines is 1. The molecular formula is C21H27N3O2. The first-order valence-electron chi connectivity index (χ1n) is 9.24. The fourth-order valence-corrected chi connectivity index (χ4v) is 3.00. The molecule has 0 unspecified atom stereocenters. The number of benzene rings is 1. The van der Waals surface area contributed by atoms with Crippen molar-refractivity contribution in [3.8, 4) is 0 Å². The van der Waals surface area contributed by atoms with E-state index in [1.165, 1.54) is 5.56 Å². The quantitative estimate of drug-likeness (QED) is 0.747. The van der Waals surface area contributed by atoms with Gasteiger partial charge in [0.2, 0.25) is 0 Å². The number of piperazine rings is 1. The molecule has 1 saturated heterocycles. The highest BCUT2D eigenvalue weighted by Gasteiger charge is 2.17. The number of hydrogen-bond donors (Lipinski definition) is 0. The molecule has 1 aromatic heterocycles. The number of hydrogen-bond acceptors (Lipinski definition) is 5. The molecule has 0 bridgehead atoms. The number of carbonyl (C=O) groups excluding carboxylic acids is 1. The number of ether oxygens (including phenoxy) is 1. The van der Waals surface area contributed by atoms with Crippen molar-refractivity contribution >= 4 is 11.8 Å². The van der Waals surface area contributed by atoms with Gasteiger partial charge in [0.1, 0.15) is 12.4 Å². The predicted molar refractivity (Wildman–Crippen MR) is 103 cm³/mol. The van der Waals surface area contributed by atoms with Crippen molar-refractivity contribution in [1.29, 1.82) is 0 Å². The number of esters is 1. The first-order valence-corrected chi connectivity index (χ1v) is 9.24. The van der Waals surface area contributed by atoms with Crippen molar-refractivity contribution in [3.05, 3.63) is 59.8 Å². The zero-order valence-electron chi connectivity index (χ0n) is 15.6. The summed E-state index contributed by atoms with van der Waals surface area (Å²) in [5, 5.41) is 0. The second kappa shape index (κ2) is 8.81. The van der Waals surface area contributed by atoms with Crippen LogP contribution in [0.4, 0.5) is 5.82 Å². The van der Waals surface area contributed by atoms with Crippen LogP contribution in [0.25, 0.3) is 0 Å². The van der Waals surface area contributed by atoms with E-state index < -0.39 is 0 Å². The van der Waals surface area contributed by atoms with E-state index >= 15 is 0 Å². The molecule has 138 valence electrons. The van der Waals surface area contributed by atoms with Crippen molar-refractivity contribution in [2.75, 3.05) is 31.1 Å². The highest BCUT2D eigenvalue weighted by molar-refractivity contribution is 5.71. The Kier molecular flexibility index (Phi) is 6.23. The van der Waals surface area contributed by atoms with Gasteiger partial charge in [-0.2, -0.15) is 0 Å². The summed E-state index contributed by atoms with van der Waals surface area (Å²) in [6.07, 6.45) is 1.85. The van der Waals surface area contributed by atoms with Crippen LogP contribution in [0.3, 0.4) is 0 Å². The molecule has 0 atom stereocenters. The van der Waals surface area contributed by atoms with Crippen molar-refractivity contribution in [2.24, 2.45) is 5.92 Å². The topological polar surface area (TPSA) is 45.7 Å². The Hall–Kier alpha value is -2.40. The molecule has 1 aliphatic heterocycles. The van der Waals surface area contributed by atoms with Gasteiger partial charge >= 0.3 is 5.97 Å². The minimum absolute atomic E-state index is 0.0842. The maximum atomic E-state index is 11.5. The second-order valence-corrected chi connectivity index (χ2v) is 7.03. The molecule has 1 aliphatic rings. The SMILES string of the molecule is CC(C)C(=O)OCc1ccc(CN2CCN(c3ccccn3)CC2)cc1. The van der Waals surface area contributed by atoms with Gasteiger partial charge in [-0.25, -0.2) is 4.98 Å². The van der Waals surface area contributed by atoms with Crippen molar-refractivity contribution in [1.82, 2.24) is 9.88 Å². The summed E-state index contributed by atoms with van der Waals surface area (Å²) in [6.45, 7) is 9.05. The van der Waals surface area contributed by atoms with Crippen molar-refractivity contribution < 1.29 is 9.53 Å². The monoisotopic (exact) mass is 353 g/mol. The molecule has 26 heavy (non-hydrogen) atoms. The average Bonchev–Trinajstić information content (AvgIpc) is 2.68. The van der Waals surface area contributed by atoms with Crippen LogP contribution in [-0.2, 0) is 22.7 Å². The van der Waals surface area contributed by atoms with Crippen molar-refractivity contribution in [2.45, 2.75) is 27.0 Å². The lowest BCUT2D eigenvalue weighted by molar-refractivity contribution is -0.148. The van der Waals surface area contributed by atoms with E-state index in [1.807, 2.05) is 44.3 Å². The van der Waals surface area contributed by atoms with Gasteiger partial charge < -0.3 is 9.64 Å². The highest BCUT2D eigenvalue weighted by atomic mass is 16.5. The Morgan fingerprint density at radius 3 is 2.35 bits per heavy atom. The lowest BCUT2D eigenvalue weighted by atomic mass is 10.1. The van der Waals surface area contributed by atoms with Gasteiger partial charge in [0.15, 0.2) is 0 Å². The van der Waals surface area contributed by atoms with E-state index in [0.717, 1.165) is 44.1 Å². The smallest absolute Gasteiger partial charge is 0.308 e. The lowest BCUT2D eigenvalue weighted by Gasteiger charge is -2.35. The predicted octanol–water partition coefficient (Wildman–Crippen LogP) is 3.10.